The molecule has 5 atom stereocenters. The minimum atomic E-state index is -1.14. The Hall–Kier alpha value is -4.17. The number of carbonyl (C=O) groups excluding carboxylic acids is 3. The predicted molar refractivity (Wildman–Crippen MR) is 212 cm³/mol. The van der Waals surface area contributed by atoms with Gasteiger partial charge in [-0.2, -0.15) is 0 Å². The van der Waals surface area contributed by atoms with Gasteiger partial charge >= 0.3 is 5.97 Å². The molecule has 294 valence electrons. The van der Waals surface area contributed by atoms with Crippen molar-refractivity contribution in [2.75, 3.05) is 26.9 Å². The number of cyclic esters (lactones) is 1. The number of esters is 1. The van der Waals surface area contributed by atoms with Gasteiger partial charge in [-0.05, 0) is 88.6 Å². The zero-order chi connectivity index (χ0) is 39.1. The number of nitrogens with zero attached hydrogens (tertiary/aromatic N) is 4. The van der Waals surface area contributed by atoms with E-state index in [-0.39, 0.29) is 30.9 Å². The number of rotatable bonds is 6. The van der Waals surface area contributed by atoms with Gasteiger partial charge in [0.1, 0.15) is 17.7 Å². The summed E-state index contributed by atoms with van der Waals surface area (Å²) in [5.74, 6) is -0.714. The van der Waals surface area contributed by atoms with Gasteiger partial charge in [0.2, 0.25) is 5.91 Å². The van der Waals surface area contributed by atoms with Crippen LogP contribution in [-0.2, 0) is 48.0 Å². The third kappa shape index (κ3) is 7.94. The van der Waals surface area contributed by atoms with Crippen molar-refractivity contribution in [1.29, 1.82) is 0 Å². The van der Waals surface area contributed by atoms with E-state index in [1.807, 2.05) is 18.4 Å². The van der Waals surface area contributed by atoms with Gasteiger partial charge in [-0.15, -0.1) is 11.3 Å². The van der Waals surface area contributed by atoms with Crippen LogP contribution in [0.5, 0.6) is 0 Å². The first-order valence-corrected chi connectivity index (χ1v) is 20.4. The minimum Gasteiger partial charge on any atom is -0.464 e. The molecule has 2 saturated heterocycles. The Morgan fingerprint density at radius 2 is 2.04 bits per heavy atom. The number of methoxy groups -OCH3 is 1. The Morgan fingerprint density at radius 3 is 2.80 bits per heavy atom. The van der Waals surface area contributed by atoms with Crippen LogP contribution in [0.2, 0.25) is 0 Å². The molecule has 2 fully saturated rings. The maximum absolute atomic E-state index is 14.3. The van der Waals surface area contributed by atoms with E-state index in [1.54, 1.807) is 20.2 Å². The van der Waals surface area contributed by atoms with Crippen LogP contribution in [0.4, 0.5) is 0 Å². The van der Waals surface area contributed by atoms with E-state index in [4.69, 9.17) is 24.2 Å². The smallest absolute Gasteiger partial charge is 0.327 e. The summed E-state index contributed by atoms with van der Waals surface area (Å²) in [4.78, 5) is 51.8. The van der Waals surface area contributed by atoms with Crippen LogP contribution in [0.1, 0.15) is 89.6 Å². The summed E-state index contributed by atoms with van der Waals surface area (Å²) in [6.45, 7) is 14.1. The summed E-state index contributed by atoms with van der Waals surface area (Å²) in [6, 6.07) is 9.60. The maximum atomic E-state index is 14.3. The molecule has 6 heterocycles. The topological polar surface area (TPSA) is 137 Å². The fraction of sp³-hybridized carbons (Fsp3) is 0.548. The van der Waals surface area contributed by atoms with Crippen molar-refractivity contribution in [3.05, 3.63) is 58.2 Å². The molecule has 0 unspecified atom stereocenters. The summed E-state index contributed by atoms with van der Waals surface area (Å²) in [5, 5.41) is 8.32. The van der Waals surface area contributed by atoms with Crippen LogP contribution in [0.25, 0.3) is 33.4 Å². The number of fused-ring (bicyclic) bond motifs is 6. The van der Waals surface area contributed by atoms with Crippen LogP contribution in [0.3, 0.4) is 0 Å². The van der Waals surface area contributed by atoms with Gasteiger partial charge in [-0.1, -0.05) is 26.8 Å². The molecule has 0 aliphatic carbocycles. The highest BCUT2D eigenvalue weighted by Crippen LogP contribution is 2.42. The molecule has 0 radical (unpaired) electrons. The van der Waals surface area contributed by atoms with Gasteiger partial charge in [-0.3, -0.25) is 19.6 Å². The van der Waals surface area contributed by atoms with Crippen LogP contribution >= 0.6 is 11.3 Å². The van der Waals surface area contributed by atoms with Crippen LogP contribution in [0, 0.1) is 11.3 Å². The summed E-state index contributed by atoms with van der Waals surface area (Å²) < 4.78 is 20.1. The van der Waals surface area contributed by atoms with E-state index >= 15 is 0 Å². The van der Waals surface area contributed by atoms with Crippen molar-refractivity contribution in [2.45, 2.75) is 110 Å². The Morgan fingerprint density at radius 1 is 1.22 bits per heavy atom. The van der Waals surface area contributed by atoms with E-state index in [1.165, 1.54) is 16.3 Å². The first-order chi connectivity index (χ1) is 26.3. The number of amides is 2. The molecular weight excluding hydrogens is 717 g/mol. The largest absolute Gasteiger partial charge is 0.464 e. The van der Waals surface area contributed by atoms with Gasteiger partial charge in [0.05, 0.1) is 34.8 Å². The maximum Gasteiger partial charge on any atom is 0.327 e. The van der Waals surface area contributed by atoms with Gasteiger partial charge in [0.15, 0.2) is 0 Å². The number of aryl methyl sites for hydroxylation is 1. The number of carbonyl (C=O) groups is 3. The summed E-state index contributed by atoms with van der Waals surface area (Å²) in [5.41, 5.74) is 8.50. The van der Waals surface area contributed by atoms with Crippen molar-refractivity contribution >= 4 is 40.0 Å². The van der Waals surface area contributed by atoms with Gasteiger partial charge in [0.25, 0.3) is 5.91 Å². The second kappa shape index (κ2) is 15.8. The number of benzene rings is 1. The Balaban J connectivity index is 1.35. The van der Waals surface area contributed by atoms with Crippen molar-refractivity contribution < 1.29 is 28.6 Å². The number of thiazole rings is 1. The van der Waals surface area contributed by atoms with E-state index in [9.17, 15) is 14.4 Å². The van der Waals surface area contributed by atoms with E-state index < -0.39 is 29.1 Å². The zero-order valence-corrected chi connectivity index (χ0v) is 33.9. The quantitative estimate of drug-likeness (QED) is 0.213. The highest BCUT2D eigenvalue weighted by molar-refractivity contribution is 7.10. The van der Waals surface area contributed by atoms with E-state index in [2.05, 4.69) is 67.3 Å². The number of hydrazine groups is 1. The molecule has 13 heteroatoms. The first-order valence-electron chi connectivity index (χ1n) is 19.6. The highest BCUT2D eigenvalue weighted by atomic mass is 32.1. The lowest BCUT2D eigenvalue weighted by Gasteiger charge is -2.41. The molecule has 55 heavy (non-hydrogen) atoms. The molecule has 3 aromatic heterocycles. The highest BCUT2D eigenvalue weighted by Gasteiger charge is 2.43. The monoisotopic (exact) mass is 770 g/mol. The second-order valence-electron chi connectivity index (χ2n) is 16.5. The molecule has 7 rings (SSSR count). The average molecular weight is 771 g/mol. The molecule has 6 bridgehead atoms. The lowest BCUT2D eigenvalue weighted by molar-refractivity contribution is -0.162. The second-order valence-corrected chi connectivity index (χ2v) is 17.4. The standard InChI is InChI=1S/C42H54N6O6S/c1-8-47-33-13-12-27-20-29(33)30(37(47)28-11-9-16-43-36(28)26(3)52-7)22-41(4,5)24-54-40(51)42(6)15-10-17-48(46-42)39(50)31(21-35-44-32(27)23-55-35)45-38(49)34-19-25(2)14-18-53-34/h9,11-13,16,20,23,25-26,31,34,46H,8,10,14-15,17-19,21-22,24H2,1-7H3,(H,45,49)/t25-,26+,31+,34-,42-/m1/s1. The number of nitrogens with one attached hydrogen (secondary N) is 2. The molecule has 2 N–H and O–H groups in total. The van der Waals surface area contributed by atoms with E-state index in [0.29, 0.717) is 49.8 Å². The van der Waals surface area contributed by atoms with Gasteiger partial charge < -0.3 is 24.1 Å². The molecule has 4 aromatic rings. The Kier molecular flexibility index (Phi) is 11.2. The van der Waals surface area contributed by atoms with Crippen molar-refractivity contribution in [2.24, 2.45) is 11.3 Å². The SMILES string of the molecule is CCn1c(-c2cccnc2[C@H](C)OC)c2c3cc(ccc31)-c1csc(n1)C[C@H](NC(=O)[C@H]1C[C@H](C)CCO1)C(=O)N1CCC[C@@](C)(N1)C(=O)OCC(C)(C)C2. The Bertz CT molecular complexity index is 2080. The summed E-state index contributed by atoms with van der Waals surface area (Å²) >= 11 is 1.47. The fourth-order valence-corrected chi connectivity index (χ4v) is 9.08. The molecular formula is C42H54N6O6S. The van der Waals surface area contributed by atoms with Gasteiger partial charge in [0, 0.05) is 72.2 Å². The average Bonchev–Trinajstić information content (AvgIpc) is 3.77. The predicted octanol–water partition coefficient (Wildman–Crippen LogP) is 6.41. The molecule has 2 amide bonds. The number of aromatic nitrogens is 3. The minimum absolute atomic E-state index is 0.164. The van der Waals surface area contributed by atoms with Crippen molar-refractivity contribution in [3.8, 4) is 22.5 Å². The number of hydrogen-bond donors (Lipinski definition) is 2. The molecule has 3 aliphatic heterocycles. The molecule has 0 saturated carbocycles. The van der Waals surface area contributed by atoms with Crippen molar-refractivity contribution in [3.63, 3.8) is 0 Å². The van der Waals surface area contributed by atoms with Crippen LogP contribution in [0.15, 0.2) is 41.9 Å². The normalized spacial score (nSPS) is 25.3. The number of ether oxygens (including phenoxy) is 3. The lowest BCUT2D eigenvalue weighted by atomic mass is 9.84. The lowest BCUT2D eigenvalue weighted by Crippen LogP contribution is -2.66. The van der Waals surface area contributed by atoms with E-state index in [0.717, 1.165) is 57.6 Å². The fourth-order valence-electron chi connectivity index (χ4n) is 8.23. The van der Waals surface area contributed by atoms with Gasteiger partial charge in [-0.25, -0.2) is 15.2 Å². The number of hydrogen-bond acceptors (Lipinski definition) is 10. The zero-order valence-electron chi connectivity index (χ0n) is 33.1. The summed E-state index contributed by atoms with van der Waals surface area (Å²) in [7, 11) is 1.70. The molecule has 1 aromatic carbocycles. The van der Waals surface area contributed by atoms with Crippen LogP contribution < -0.4 is 10.7 Å². The third-order valence-electron chi connectivity index (χ3n) is 11.4. The molecule has 12 nitrogen and oxygen atoms in total. The summed E-state index contributed by atoms with van der Waals surface area (Å²) in [6.07, 6.45) is 4.32. The first kappa shape index (κ1) is 39.1. The molecule has 0 spiro atoms. The molecule has 3 aliphatic rings. The van der Waals surface area contributed by atoms with Crippen LogP contribution in [-0.4, -0.2) is 81.9 Å². The Labute approximate surface area is 327 Å². The third-order valence-corrected chi connectivity index (χ3v) is 12.3. The van der Waals surface area contributed by atoms with Crippen molar-refractivity contribution in [1.82, 2.24) is 30.3 Å². The number of pyridine rings is 1.